The van der Waals surface area contributed by atoms with Crippen molar-refractivity contribution in [2.45, 2.75) is 277 Å². The van der Waals surface area contributed by atoms with Crippen LogP contribution in [0.3, 0.4) is 0 Å². The molecule has 2 heterocycles. The van der Waals surface area contributed by atoms with E-state index in [9.17, 15) is 0 Å². The summed E-state index contributed by atoms with van der Waals surface area (Å²) in [6, 6.07) is 21.8. The highest BCUT2D eigenvalue weighted by Gasteiger charge is 2.81. The van der Waals surface area contributed by atoms with Crippen LogP contribution in [0, 0.1) is 0 Å². The van der Waals surface area contributed by atoms with Gasteiger partial charge in [-0.15, -0.1) is 0 Å². The van der Waals surface area contributed by atoms with Crippen LogP contribution in [-0.2, 0) is 0 Å². The van der Waals surface area contributed by atoms with Crippen molar-refractivity contribution in [2.24, 2.45) is 0 Å². The van der Waals surface area contributed by atoms with Crippen molar-refractivity contribution in [3.8, 4) is 0 Å². The van der Waals surface area contributed by atoms with Crippen LogP contribution in [0.1, 0.15) is 344 Å². The summed E-state index contributed by atoms with van der Waals surface area (Å²) in [5.74, 6) is 3.43. The summed E-state index contributed by atoms with van der Waals surface area (Å²) in [5, 5.41) is 22.2. The maximum absolute atomic E-state index is 15.8. The number of aliphatic hydroxyl groups excluding tert-OH is 1. The van der Waals surface area contributed by atoms with Crippen molar-refractivity contribution in [3.05, 3.63) is 128 Å². The minimum absolute atomic E-state index is 0.160. The zero-order chi connectivity index (χ0) is 57.3. The molecule has 1 aromatic heterocycles. The predicted molar refractivity (Wildman–Crippen MR) is 343 cm³/mol. The molecule has 0 fully saturated rings. The van der Waals surface area contributed by atoms with Crippen LogP contribution in [0.4, 0.5) is 0 Å². The van der Waals surface area contributed by atoms with Gasteiger partial charge in [-0.1, -0.05) is 215 Å². The lowest BCUT2D eigenvalue weighted by Crippen LogP contribution is -3.05. The lowest BCUT2D eigenvalue weighted by molar-refractivity contribution is -0.699. The van der Waals surface area contributed by atoms with Crippen molar-refractivity contribution < 1.29 is 9.67 Å². The summed E-state index contributed by atoms with van der Waals surface area (Å²) in [4.78, 5) is 0.899. The van der Waals surface area contributed by atoms with Gasteiger partial charge in [-0.25, -0.2) is 9.13 Å². The second kappa shape index (κ2) is 23.2. The molecular weight excluding hydrogens is 969 g/mol. The molecule has 1 atom stereocenters. The topological polar surface area (TPSA) is 29.0 Å². The maximum Gasteiger partial charge on any atom is 0.286 e. The highest BCUT2D eigenvalue weighted by Crippen LogP contribution is 2.44. The first-order valence-corrected chi connectivity index (χ1v) is 38.0. The Morgan fingerprint density at radius 2 is 0.632 bits per heavy atom. The first kappa shape index (κ1) is 61.6. The molecule has 1 aliphatic rings. The largest absolute Gasteiger partial charge is 0.522 e. The zero-order valence-electron chi connectivity index (χ0n) is 53.7. The van der Waals surface area contributed by atoms with E-state index in [1.165, 1.54) is 77.4 Å². The molecule has 0 bridgehead atoms. The predicted octanol–water partition coefficient (Wildman–Crippen LogP) is 16.4. The number of hydrogen-bond acceptors (Lipinski definition) is 1. The lowest BCUT2D eigenvalue weighted by Gasteiger charge is -2.59. The molecule has 5 aromatic rings. The summed E-state index contributed by atoms with van der Waals surface area (Å²) in [6.45, 7) is 68.7. The van der Waals surface area contributed by atoms with Crippen LogP contribution in [-0.4, -0.2) is 37.3 Å². The zero-order valence-corrected chi connectivity index (χ0v) is 56.7. The molecule has 0 saturated heterocycles. The normalized spacial score (nSPS) is 16.4. The summed E-state index contributed by atoms with van der Waals surface area (Å²) in [5.41, 5.74) is 19.2. The lowest BCUT2D eigenvalue weighted by atomic mass is 9.89. The quantitative estimate of drug-likeness (QED) is 0.0648. The number of nitrogens with zero attached hydrogens (tertiary/aromatic N) is 2. The third-order valence-corrected chi connectivity index (χ3v) is 48.3. The summed E-state index contributed by atoms with van der Waals surface area (Å²) >= 11 is 0. The van der Waals surface area contributed by atoms with Gasteiger partial charge in [-0.2, -0.15) is 0 Å². The van der Waals surface area contributed by atoms with Gasteiger partial charge in [0.1, 0.15) is 12.4 Å². The molecular formula is C70H109N2OSi3+. The van der Waals surface area contributed by atoms with E-state index in [0.29, 0.717) is 23.7 Å². The molecule has 0 aliphatic carbocycles. The molecule has 416 valence electrons. The van der Waals surface area contributed by atoms with Crippen LogP contribution in [0.15, 0.2) is 60.9 Å². The van der Waals surface area contributed by atoms with Gasteiger partial charge >= 0.3 is 0 Å². The van der Waals surface area contributed by atoms with Crippen molar-refractivity contribution in [3.63, 3.8) is 0 Å². The van der Waals surface area contributed by atoms with Crippen LogP contribution < -0.4 is 30.8 Å². The molecule has 1 unspecified atom stereocenters. The van der Waals surface area contributed by atoms with Gasteiger partial charge in [0.2, 0.25) is 5.45 Å². The monoisotopic (exact) mass is 1080 g/mol. The Morgan fingerprint density at radius 1 is 0.368 bits per heavy atom. The molecule has 1 aliphatic heterocycles. The van der Waals surface area contributed by atoms with Crippen LogP contribution in [0.25, 0.3) is 0 Å². The van der Waals surface area contributed by atoms with E-state index in [0.717, 1.165) is 4.98 Å². The van der Waals surface area contributed by atoms with Gasteiger partial charge in [0.05, 0.1) is 25.0 Å². The number of imidazole rings is 1. The van der Waals surface area contributed by atoms with E-state index in [1.54, 1.807) is 15.6 Å². The first-order chi connectivity index (χ1) is 35.2. The van der Waals surface area contributed by atoms with E-state index in [4.69, 9.17) is 0 Å². The molecule has 0 spiro atoms. The van der Waals surface area contributed by atoms with E-state index in [2.05, 4.69) is 264 Å². The first-order valence-electron chi connectivity index (χ1n) is 30.5. The van der Waals surface area contributed by atoms with Gasteiger partial charge in [0, 0.05) is 0 Å². The maximum atomic E-state index is 15.8. The Hall–Kier alpha value is -3.59. The molecule has 4 aromatic carbocycles. The average molecular weight is 1080 g/mol. The van der Waals surface area contributed by atoms with Gasteiger partial charge in [-0.05, 0) is 186 Å². The summed E-state index contributed by atoms with van der Waals surface area (Å²) < 4.78 is 5.45. The third kappa shape index (κ3) is 10.2. The average Bonchev–Trinajstić information content (AvgIpc) is 3.78. The highest BCUT2D eigenvalue weighted by atomic mass is 29.6. The summed E-state index contributed by atoms with van der Waals surface area (Å²) in [7, 11) is -9.55. The molecule has 0 amide bonds. The third-order valence-electron chi connectivity index (χ3n) is 17.8. The molecule has 6 rings (SSSR count). The van der Waals surface area contributed by atoms with E-state index < -0.39 is 22.6 Å². The Balaban J connectivity index is 2.37. The molecule has 0 radical (unpaired) electrons. The second-order valence-electron chi connectivity index (χ2n) is 28.0. The second-order valence-corrected chi connectivity index (χ2v) is 45.4. The van der Waals surface area contributed by atoms with Crippen LogP contribution in [0.5, 0.6) is 0 Å². The summed E-state index contributed by atoms with van der Waals surface area (Å²) in [6.07, 6.45) is 4.89. The number of benzene rings is 4. The molecule has 76 heavy (non-hydrogen) atoms. The Bertz CT molecular complexity index is 2710. The van der Waals surface area contributed by atoms with Crippen molar-refractivity contribution in [1.82, 2.24) is 4.57 Å². The van der Waals surface area contributed by atoms with E-state index in [-0.39, 0.29) is 59.4 Å². The van der Waals surface area contributed by atoms with E-state index in [1.807, 2.05) is 0 Å². The van der Waals surface area contributed by atoms with Gasteiger partial charge < -0.3 is 5.11 Å². The minimum atomic E-state index is -3.81. The van der Waals surface area contributed by atoms with Crippen LogP contribution >= 0.6 is 0 Å². The molecule has 3 nitrogen and oxygen atoms in total. The number of rotatable bonds is 19. The van der Waals surface area contributed by atoms with Crippen molar-refractivity contribution in [1.29, 1.82) is 0 Å². The van der Waals surface area contributed by atoms with Gasteiger partial charge in [0.25, 0.3) is 7.59 Å². The van der Waals surface area contributed by atoms with Crippen molar-refractivity contribution >= 4 is 53.8 Å². The highest BCUT2D eigenvalue weighted by molar-refractivity contribution is 7.95. The Labute approximate surface area is 470 Å². The fraction of sp³-hybridized carbons (Fsp3) is 0.600. The number of hydrogen-bond donors (Lipinski definition) is 1. The molecule has 0 saturated carbocycles. The van der Waals surface area contributed by atoms with E-state index >= 15 is 5.11 Å². The number of aromatic nitrogens is 2. The smallest absolute Gasteiger partial charge is 0.286 e. The van der Waals surface area contributed by atoms with Crippen molar-refractivity contribution in [2.75, 3.05) is 0 Å². The standard InChI is InChI=1S/C70H108N2OSi3/c1-39(2)53-31-57(43(9)10)65(58(32-53)44(11)12)74-70(73)75(69-71(51(25)26)29-30-72(69)52(27)28,66-59(45(13)14)33-54(40(3)4)34-60(66)46(15)16)76(74,67-61(47(17)18)35-55(41(5)6)36-62(67)48(19)20)68-63(49(21)22)37-56(42(7)8)38-64(68)50(23)24/h29-52H,1-28H3/p+1. The number of aliphatic hydroxyl groups is 1. The fourth-order valence-electron chi connectivity index (χ4n) is 13.5. The van der Waals surface area contributed by atoms with Crippen LogP contribution in [0.2, 0.25) is 0 Å². The molecule has 1 N–H and O–H groups in total. The molecule has 6 heteroatoms. The fourth-order valence-corrected chi connectivity index (χ4v) is 56.0. The Morgan fingerprint density at radius 3 is 0.868 bits per heavy atom. The minimum Gasteiger partial charge on any atom is -0.522 e. The van der Waals surface area contributed by atoms with Gasteiger partial charge in [0.15, 0.2) is 7.11 Å². The Kier molecular flexibility index (Phi) is 18.8. The van der Waals surface area contributed by atoms with Gasteiger partial charge in [-0.3, -0.25) is 0 Å². The SMILES string of the molecule is CC(C)c1cc(C(C)C)c([Si]2=C(O)[Si](c3c(C(C)C)cc(C(C)C)cc3C(C)C)(c3n(C(C)C)cc[n+]3C(C)C)[Si]2(c2c(C(C)C)cc(C(C)C)cc2C(C)C)c2c(C(C)C)cc(C(C)C)cc2C(C)C)c(C(C)C)c1.